The average molecular weight is 418 g/mol. The Kier molecular flexibility index (Phi) is 5.98. The van der Waals surface area contributed by atoms with Crippen LogP contribution in [0.4, 0.5) is 0 Å². The Balaban J connectivity index is 1.71. The van der Waals surface area contributed by atoms with Crippen molar-refractivity contribution in [2.45, 2.75) is 20.0 Å². The Hall–Kier alpha value is -3.67. The lowest BCUT2D eigenvalue weighted by atomic mass is 10.0. The van der Waals surface area contributed by atoms with Crippen molar-refractivity contribution in [3.63, 3.8) is 0 Å². The average Bonchev–Trinajstić information content (AvgIpc) is 3.29. The molecule has 0 radical (unpaired) electrons. The summed E-state index contributed by atoms with van der Waals surface area (Å²) in [7, 11) is 3.40. The number of pyridine rings is 1. The fourth-order valence-electron chi connectivity index (χ4n) is 3.52. The van der Waals surface area contributed by atoms with Gasteiger partial charge in [-0.1, -0.05) is 19.1 Å². The first-order chi connectivity index (χ1) is 15.1. The molecule has 0 aliphatic rings. The van der Waals surface area contributed by atoms with E-state index < -0.39 is 0 Å². The van der Waals surface area contributed by atoms with E-state index in [1.807, 2.05) is 54.7 Å². The number of aromatic amines is 1. The minimum Gasteiger partial charge on any atom is -0.497 e. The topological polar surface area (TPSA) is 65.5 Å². The molecule has 4 rings (SSSR count). The molecule has 0 saturated carbocycles. The number of nitrogens with one attached hydrogen (secondary N) is 1. The van der Waals surface area contributed by atoms with Gasteiger partial charge in [0.15, 0.2) is 0 Å². The maximum absolute atomic E-state index is 12.5. The van der Waals surface area contributed by atoms with Crippen LogP contribution in [0, 0.1) is 0 Å². The second-order valence-corrected chi connectivity index (χ2v) is 7.37. The third kappa shape index (κ3) is 4.28. The van der Waals surface area contributed by atoms with Gasteiger partial charge in [0.2, 0.25) is 0 Å². The summed E-state index contributed by atoms with van der Waals surface area (Å²) in [6.45, 7) is 3.12. The highest BCUT2D eigenvalue weighted by Gasteiger charge is 2.15. The zero-order valence-corrected chi connectivity index (χ0v) is 18.0. The lowest BCUT2D eigenvalue weighted by molar-refractivity contribution is 0.302. The Morgan fingerprint density at radius 2 is 1.74 bits per heavy atom. The van der Waals surface area contributed by atoms with Gasteiger partial charge in [0, 0.05) is 36.0 Å². The van der Waals surface area contributed by atoms with E-state index in [2.05, 4.69) is 11.9 Å². The van der Waals surface area contributed by atoms with Gasteiger partial charge in [-0.15, -0.1) is 0 Å². The van der Waals surface area contributed by atoms with Crippen LogP contribution < -0.4 is 19.8 Å². The molecule has 2 aromatic carbocycles. The smallest absolute Gasteiger partial charge is 0.274 e. The van der Waals surface area contributed by atoms with Crippen molar-refractivity contribution >= 4 is 10.9 Å². The van der Waals surface area contributed by atoms with Gasteiger partial charge in [0.1, 0.15) is 29.4 Å². The summed E-state index contributed by atoms with van der Waals surface area (Å²) in [5, 5.41) is 0.858. The van der Waals surface area contributed by atoms with Gasteiger partial charge in [-0.2, -0.15) is 0 Å². The van der Waals surface area contributed by atoms with E-state index in [1.165, 1.54) is 0 Å². The molecule has 0 saturated heterocycles. The summed E-state index contributed by atoms with van der Waals surface area (Å²) in [4.78, 5) is 15.5. The normalized spacial score (nSPS) is 10.9. The summed E-state index contributed by atoms with van der Waals surface area (Å²) in [6.07, 6.45) is 4.54. The van der Waals surface area contributed by atoms with Gasteiger partial charge in [-0.05, 0) is 48.4 Å². The molecular weight excluding hydrogens is 392 g/mol. The summed E-state index contributed by atoms with van der Waals surface area (Å²) in [6, 6.07) is 15.5. The van der Waals surface area contributed by atoms with Gasteiger partial charge in [-0.25, -0.2) is 0 Å². The maximum Gasteiger partial charge on any atom is 0.274 e. The highest BCUT2D eigenvalue weighted by molar-refractivity contribution is 5.96. The van der Waals surface area contributed by atoms with Crippen LogP contribution in [0.5, 0.6) is 17.2 Å². The van der Waals surface area contributed by atoms with Crippen LogP contribution in [0.15, 0.2) is 65.7 Å². The number of aryl methyl sites for hydroxylation is 1. The molecule has 31 heavy (non-hydrogen) atoms. The van der Waals surface area contributed by atoms with Crippen LogP contribution in [-0.4, -0.2) is 23.3 Å². The fourth-order valence-corrected chi connectivity index (χ4v) is 3.52. The van der Waals surface area contributed by atoms with Gasteiger partial charge in [0.25, 0.3) is 5.56 Å². The molecule has 0 atom stereocenters. The van der Waals surface area contributed by atoms with Crippen LogP contribution in [-0.2, 0) is 13.7 Å². The molecule has 1 N–H and O–H groups in total. The zero-order chi connectivity index (χ0) is 21.8. The minimum atomic E-state index is -0.0633. The highest BCUT2D eigenvalue weighted by atomic mass is 16.5. The van der Waals surface area contributed by atoms with Crippen molar-refractivity contribution in [3.05, 3.63) is 76.8 Å². The van der Waals surface area contributed by atoms with Crippen LogP contribution in [0.1, 0.15) is 18.9 Å². The summed E-state index contributed by atoms with van der Waals surface area (Å²) in [5.41, 5.74) is 3.36. The van der Waals surface area contributed by atoms with Crippen LogP contribution in [0.3, 0.4) is 0 Å². The number of ether oxygens (including phenoxy) is 3. The molecule has 0 unspecified atom stereocenters. The molecule has 0 spiro atoms. The molecule has 0 amide bonds. The van der Waals surface area contributed by atoms with Gasteiger partial charge in [-0.3, -0.25) is 4.79 Å². The van der Waals surface area contributed by atoms with Crippen molar-refractivity contribution in [1.82, 2.24) is 9.55 Å². The third-order valence-corrected chi connectivity index (χ3v) is 5.16. The first kappa shape index (κ1) is 20.6. The molecule has 0 aliphatic carbocycles. The fraction of sp³-hybridized carbons (Fsp3) is 0.240. The van der Waals surface area contributed by atoms with Crippen molar-refractivity contribution in [2.75, 3.05) is 13.7 Å². The minimum absolute atomic E-state index is 0.0633. The molecule has 2 heterocycles. The molecule has 6 nitrogen and oxygen atoms in total. The molecule has 4 aromatic rings. The Morgan fingerprint density at radius 1 is 0.968 bits per heavy atom. The quantitative estimate of drug-likeness (QED) is 0.442. The van der Waals surface area contributed by atoms with Gasteiger partial charge in [0.05, 0.1) is 13.7 Å². The van der Waals surface area contributed by atoms with E-state index in [0.29, 0.717) is 18.7 Å². The first-order valence-corrected chi connectivity index (χ1v) is 10.3. The zero-order valence-electron chi connectivity index (χ0n) is 18.0. The van der Waals surface area contributed by atoms with Crippen LogP contribution in [0.25, 0.3) is 22.0 Å². The van der Waals surface area contributed by atoms with E-state index in [-0.39, 0.29) is 5.56 Å². The lowest BCUT2D eigenvalue weighted by Crippen LogP contribution is -2.16. The SMILES string of the molecule is CCCOc1ccc(OCc2ccc(OC)cc2)cc1-c1cn(C)c(=O)c2[nH]ccc12. The van der Waals surface area contributed by atoms with Crippen LogP contribution >= 0.6 is 0 Å². The molecule has 0 fully saturated rings. The second kappa shape index (κ2) is 9.00. The number of hydrogen-bond acceptors (Lipinski definition) is 4. The predicted octanol–water partition coefficient (Wildman–Crippen LogP) is 4.91. The Labute approximate surface area is 181 Å². The van der Waals surface area contributed by atoms with E-state index in [9.17, 15) is 4.79 Å². The summed E-state index contributed by atoms with van der Waals surface area (Å²) >= 11 is 0. The molecule has 0 bridgehead atoms. The largest absolute Gasteiger partial charge is 0.497 e. The predicted molar refractivity (Wildman–Crippen MR) is 122 cm³/mol. The number of nitrogens with zero attached hydrogens (tertiary/aromatic N) is 1. The van der Waals surface area contributed by atoms with E-state index in [0.717, 1.165) is 45.7 Å². The van der Waals surface area contributed by atoms with E-state index >= 15 is 0 Å². The highest BCUT2D eigenvalue weighted by Crippen LogP contribution is 2.37. The van der Waals surface area contributed by atoms with Gasteiger partial charge >= 0.3 is 0 Å². The molecule has 2 aromatic heterocycles. The number of methoxy groups -OCH3 is 1. The lowest BCUT2D eigenvalue weighted by Gasteiger charge is -2.15. The number of rotatable bonds is 8. The number of H-pyrrole nitrogens is 1. The van der Waals surface area contributed by atoms with Gasteiger partial charge < -0.3 is 23.8 Å². The number of fused-ring (bicyclic) bond motifs is 1. The Bertz CT molecular complexity index is 1240. The number of aromatic nitrogens is 2. The third-order valence-electron chi connectivity index (χ3n) is 5.16. The standard InChI is InChI=1S/C25H26N2O4/c1-4-13-30-23-10-9-19(31-16-17-5-7-18(29-3)8-6-17)14-21(23)22-15-27(2)25(28)24-20(22)11-12-26-24/h5-12,14-15,26H,4,13,16H2,1-3H3. The monoisotopic (exact) mass is 418 g/mol. The second-order valence-electron chi connectivity index (χ2n) is 7.37. The van der Waals surface area contributed by atoms with Crippen molar-refractivity contribution in [3.8, 4) is 28.4 Å². The Morgan fingerprint density at radius 3 is 2.48 bits per heavy atom. The van der Waals surface area contributed by atoms with Crippen molar-refractivity contribution in [2.24, 2.45) is 7.05 Å². The molecular formula is C25H26N2O4. The van der Waals surface area contributed by atoms with Crippen molar-refractivity contribution < 1.29 is 14.2 Å². The van der Waals surface area contributed by atoms with Crippen LogP contribution in [0.2, 0.25) is 0 Å². The number of hydrogen-bond donors (Lipinski definition) is 1. The molecule has 0 aliphatic heterocycles. The number of benzene rings is 2. The first-order valence-electron chi connectivity index (χ1n) is 10.3. The maximum atomic E-state index is 12.5. The molecule has 6 heteroatoms. The van der Waals surface area contributed by atoms with Crippen molar-refractivity contribution in [1.29, 1.82) is 0 Å². The summed E-state index contributed by atoms with van der Waals surface area (Å²) in [5.74, 6) is 2.31. The summed E-state index contributed by atoms with van der Waals surface area (Å²) < 4.78 is 18.9. The van der Waals surface area contributed by atoms with E-state index in [1.54, 1.807) is 24.9 Å². The molecule has 160 valence electrons. The van der Waals surface area contributed by atoms with E-state index in [4.69, 9.17) is 14.2 Å².